The van der Waals surface area contributed by atoms with Gasteiger partial charge in [-0.15, -0.1) is 0 Å². The maximum atomic E-state index is 13.3. The zero-order valence-corrected chi connectivity index (χ0v) is 15.3. The highest BCUT2D eigenvalue weighted by atomic mass is 16.2. The van der Waals surface area contributed by atoms with Crippen LogP contribution in [0.15, 0.2) is 60.7 Å². The van der Waals surface area contributed by atoms with E-state index in [1.807, 2.05) is 74.5 Å². The van der Waals surface area contributed by atoms with Gasteiger partial charge in [-0.3, -0.25) is 9.59 Å². The lowest BCUT2D eigenvalue weighted by Crippen LogP contribution is -2.51. The number of hydrogen-bond acceptors (Lipinski definition) is 2. The normalized spacial score (nSPS) is 11.2. The van der Waals surface area contributed by atoms with Crippen molar-refractivity contribution in [1.29, 1.82) is 0 Å². The van der Waals surface area contributed by atoms with Crippen molar-refractivity contribution in [3.8, 4) is 0 Å². The first kappa shape index (κ1) is 18.7. The standard InChI is InChI=1S/C21H26N2O2/c1-16(2)22-19(24)21(3,4)20(25)23(18-13-9-6-10-14-18)15-17-11-7-5-8-12-17/h5-14,16H,15H2,1-4H3,(H,22,24). The Hall–Kier alpha value is -2.62. The van der Waals surface area contributed by atoms with Crippen LogP contribution in [0.1, 0.15) is 33.3 Å². The summed E-state index contributed by atoms with van der Waals surface area (Å²) < 4.78 is 0. The molecule has 0 aliphatic rings. The van der Waals surface area contributed by atoms with Crippen LogP contribution in [0.2, 0.25) is 0 Å². The zero-order valence-electron chi connectivity index (χ0n) is 15.3. The van der Waals surface area contributed by atoms with Gasteiger partial charge >= 0.3 is 0 Å². The van der Waals surface area contributed by atoms with E-state index in [-0.39, 0.29) is 17.9 Å². The molecule has 132 valence electrons. The molecule has 0 aliphatic carbocycles. The first-order valence-corrected chi connectivity index (χ1v) is 8.54. The summed E-state index contributed by atoms with van der Waals surface area (Å²) in [6, 6.07) is 19.2. The van der Waals surface area contributed by atoms with Crippen LogP contribution in [0.25, 0.3) is 0 Å². The van der Waals surface area contributed by atoms with Crippen molar-refractivity contribution in [3.05, 3.63) is 66.2 Å². The van der Waals surface area contributed by atoms with Gasteiger partial charge in [0.2, 0.25) is 11.8 Å². The Balaban J connectivity index is 2.34. The number of rotatable bonds is 6. The molecule has 2 rings (SSSR count). The molecule has 0 bridgehead atoms. The Bertz CT molecular complexity index is 709. The van der Waals surface area contributed by atoms with Crippen LogP contribution >= 0.6 is 0 Å². The van der Waals surface area contributed by atoms with Crippen molar-refractivity contribution in [3.63, 3.8) is 0 Å². The Morgan fingerprint density at radius 2 is 1.48 bits per heavy atom. The molecule has 2 aromatic carbocycles. The molecule has 0 spiro atoms. The first-order chi connectivity index (χ1) is 11.8. The van der Waals surface area contributed by atoms with Gasteiger partial charge in [-0.25, -0.2) is 0 Å². The van der Waals surface area contributed by atoms with E-state index in [0.717, 1.165) is 11.3 Å². The summed E-state index contributed by atoms with van der Waals surface area (Å²) >= 11 is 0. The highest BCUT2D eigenvalue weighted by Gasteiger charge is 2.39. The molecule has 0 saturated heterocycles. The number of nitrogens with zero attached hydrogens (tertiary/aromatic N) is 1. The molecular formula is C21H26N2O2. The Morgan fingerprint density at radius 1 is 0.960 bits per heavy atom. The predicted octanol–water partition coefficient (Wildman–Crippen LogP) is 3.77. The van der Waals surface area contributed by atoms with Crippen molar-refractivity contribution < 1.29 is 9.59 Å². The summed E-state index contributed by atoms with van der Waals surface area (Å²) in [4.78, 5) is 27.5. The van der Waals surface area contributed by atoms with Gasteiger partial charge in [0.25, 0.3) is 0 Å². The van der Waals surface area contributed by atoms with Crippen LogP contribution in [-0.4, -0.2) is 17.9 Å². The number of amides is 2. The second kappa shape index (κ2) is 7.97. The number of benzene rings is 2. The summed E-state index contributed by atoms with van der Waals surface area (Å²) in [6.07, 6.45) is 0. The highest BCUT2D eigenvalue weighted by molar-refractivity contribution is 6.11. The predicted molar refractivity (Wildman–Crippen MR) is 101 cm³/mol. The molecule has 0 aromatic heterocycles. The minimum Gasteiger partial charge on any atom is -0.353 e. The average molecular weight is 338 g/mol. The fourth-order valence-corrected chi connectivity index (χ4v) is 2.53. The SMILES string of the molecule is CC(C)NC(=O)C(C)(C)C(=O)N(Cc1ccccc1)c1ccccc1. The fraction of sp³-hybridized carbons (Fsp3) is 0.333. The molecule has 1 N–H and O–H groups in total. The number of carbonyl (C=O) groups is 2. The van der Waals surface area contributed by atoms with Crippen LogP contribution in [0.3, 0.4) is 0 Å². The van der Waals surface area contributed by atoms with Crippen LogP contribution in [-0.2, 0) is 16.1 Å². The van der Waals surface area contributed by atoms with Crippen LogP contribution in [0.4, 0.5) is 5.69 Å². The number of para-hydroxylation sites is 1. The Kier molecular flexibility index (Phi) is 5.97. The highest BCUT2D eigenvalue weighted by Crippen LogP contribution is 2.26. The molecule has 0 atom stereocenters. The molecule has 4 nitrogen and oxygen atoms in total. The molecule has 2 aromatic rings. The second-order valence-corrected chi connectivity index (χ2v) is 6.97. The smallest absolute Gasteiger partial charge is 0.242 e. The number of anilines is 1. The van der Waals surface area contributed by atoms with Crippen LogP contribution in [0, 0.1) is 5.41 Å². The van der Waals surface area contributed by atoms with Gasteiger partial charge in [-0.05, 0) is 45.4 Å². The minimum absolute atomic E-state index is 0.0149. The minimum atomic E-state index is -1.16. The van der Waals surface area contributed by atoms with E-state index in [2.05, 4.69) is 5.32 Å². The summed E-state index contributed by atoms with van der Waals surface area (Å²) in [5.74, 6) is -0.484. The lowest BCUT2D eigenvalue weighted by molar-refractivity contribution is -0.140. The molecule has 0 unspecified atom stereocenters. The lowest BCUT2D eigenvalue weighted by Gasteiger charge is -2.32. The Morgan fingerprint density at radius 3 is 2.00 bits per heavy atom. The maximum absolute atomic E-state index is 13.3. The van der Waals surface area contributed by atoms with E-state index in [4.69, 9.17) is 0 Å². The van der Waals surface area contributed by atoms with E-state index >= 15 is 0 Å². The monoisotopic (exact) mass is 338 g/mol. The third kappa shape index (κ3) is 4.69. The zero-order chi connectivity index (χ0) is 18.4. The van der Waals surface area contributed by atoms with Crippen molar-refractivity contribution in [1.82, 2.24) is 5.32 Å². The summed E-state index contributed by atoms with van der Waals surface area (Å²) in [5, 5.41) is 2.85. The van der Waals surface area contributed by atoms with Crippen molar-refractivity contribution in [2.75, 3.05) is 4.90 Å². The quantitative estimate of drug-likeness (QED) is 0.815. The maximum Gasteiger partial charge on any atom is 0.242 e. The first-order valence-electron chi connectivity index (χ1n) is 8.54. The van der Waals surface area contributed by atoms with E-state index in [0.29, 0.717) is 6.54 Å². The number of hydrogen-bond donors (Lipinski definition) is 1. The van der Waals surface area contributed by atoms with E-state index in [1.54, 1.807) is 18.7 Å². The Labute approximate surface area is 149 Å². The molecule has 25 heavy (non-hydrogen) atoms. The lowest BCUT2D eigenvalue weighted by atomic mass is 9.89. The summed E-state index contributed by atoms with van der Waals surface area (Å²) in [6.45, 7) is 7.54. The van der Waals surface area contributed by atoms with E-state index in [9.17, 15) is 9.59 Å². The molecule has 0 heterocycles. The molecular weight excluding hydrogens is 312 g/mol. The second-order valence-electron chi connectivity index (χ2n) is 6.97. The molecule has 0 radical (unpaired) electrons. The van der Waals surface area contributed by atoms with Gasteiger partial charge in [0.05, 0.1) is 6.54 Å². The molecule has 0 aliphatic heterocycles. The fourth-order valence-electron chi connectivity index (χ4n) is 2.53. The van der Waals surface area contributed by atoms with Gasteiger partial charge in [0.1, 0.15) is 5.41 Å². The third-order valence-electron chi connectivity index (χ3n) is 4.02. The topological polar surface area (TPSA) is 49.4 Å². The largest absolute Gasteiger partial charge is 0.353 e. The van der Waals surface area contributed by atoms with Crippen molar-refractivity contribution in [2.24, 2.45) is 5.41 Å². The molecule has 2 amide bonds. The van der Waals surface area contributed by atoms with Gasteiger partial charge in [-0.2, -0.15) is 0 Å². The van der Waals surface area contributed by atoms with Gasteiger partial charge in [0, 0.05) is 11.7 Å². The van der Waals surface area contributed by atoms with Gasteiger partial charge < -0.3 is 10.2 Å². The van der Waals surface area contributed by atoms with E-state index < -0.39 is 5.41 Å². The van der Waals surface area contributed by atoms with E-state index in [1.165, 1.54) is 0 Å². The average Bonchev–Trinajstić information content (AvgIpc) is 2.60. The number of carbonyl (C=O) groups excluding carboxylic acids is 2. The summed E-state index contributed by atoms with van der Waals surface area (Å²) in [7, 11) is 0. The third-order valence-corrected chi connectivity index (χ3v) is 4.02. The van der Waals surface area contributed by atoms with Gasteiger partial charge in [0.15, 0.2) is 0 Å². The van der Waals surface area contributed by atoms with Gasteiger partial charge in [-0.1, -0.05) is 48.5 Å². The van der Waals surface area contributed by atoms with Crippen molar-refractivity contribution in [2.45, 2.75) is 40.3 Å². The molecule has 4 heteroatoms. The number of nitrogens with one attached hydrogen (secondary N) is 1. The van der Waals surface area contributed by atoms with Crippen molar-refractivity contribution >= 4 is 17.5 Å². The molecule has 0 saturated carbocycles. The van der Waals surface area contributed by atoms with Crippen LogP contribution < -0.4 is 10.2 Å². The summed E-state index contributed by atoms with van der Waals surface area (Å²) in [5.41, 5.74) is 0.635. The molecule has 0 fully saturated rings. The van der Waals surface area contributed by atoms with Crippen LogP contribution in [0.5, 0.6) is 0 Å².